The van der Waals surface area contributed by atoms with Crippen molar-refractivity contribution in [2.24, 2.45) is 23.0 Å². The number of nitrogens with zero attached hydrogens (tertiary/aromatic N) is 2. The number of carboxylic acid groups (broad SMARTS) is 1. The molecule has 0 aliphatic rings. The molecule has 1 heterocycles. The molecule has 11 nitrogen and oxygen atoms in total. The van der Waals surface area contributed by atoms with E-state index >= 15 is 0 Å². The van der Waals surface area contributed by atoms with Gasteiger partial charge in [-0.2, -0.15) is 0 Å². The van der Waals surface area contributed by atoms with Crippen molar-refractivity contribution in [3.63, 3.8) is 0 Å². The molecule has 0 saturated heterocycles. The number of carbonyl (C=O) groups excluding carboxylic acids is 3. The summed E-state index contributed by atoms with van der Waals surface area (Å²) in [6.07, 6.45) is 4.69. The molecule has 0 spiro atoms. The van der Waals surface area contributed by atoms with Crippen molar-refractivity contribution in [3.8, 4) is 5.75 Å². The summed E-state index contributed by atoms with van der Waals surface area (Å²) in [4.78, 5) is 58.2. The van der Waals surface area contributed by atoms with Crippen LogP contribution in [0, 0.1) is 17.3 Å². The number of rotatable bonds is 21. The molecule has 0 radical (unpaired) electrons. The number of aromatic hydroxyl groups is 1. The van der Waals surface area contributed by atoms with Crippen LogP contribution in [0.25, 0.3) is 0 Å². The second-order valence-corrected chi connectivity index (χ2v) is 15.0. The fourth-order valence-corrected chi connectivity index (χ4v) is 6.65. The number of nitrogens with one attached hydrogen (secondary N) is 1. The van der Waals surface area contributed by atoms with Gasteiger partial charge < -0.3 is 30.9 Å². The van der Waals surface area contributed by atoms with Gasteiger partial charge in [-0.15, -0.1) is 11.3 Å². The number of carboxylic acids is 1. The number of aliphatic carboxylic acids is 1. The Bertz CT molecular complexity index is 1360. The Kier molecular flexibility index (Phi) is 16.7. The van der Waals surface area contributed by atoms with E-state index in [0.717, 1.165) is 37.7 Å². The van der Waals surface area contributed by atoms with E-state index in [-0.39, 0.29) is 48.1 Å². The number of aromatic nitrogens is 1. The lowest BCUT2D eigenvalue weighted by atomic mass is 9.84. The lowest BCUT2D eigenvalue weighted by Gasteiger charge is -2.38. The van der Waals surface area contributed by atoms with Crippen molar-refractivity contribution in [2.75, 3.05) is 6.54 Å². The minimum absolute atomic E-state index is 0.00157. The van der Waals surface area contributed by atoms with Gasteiger partial charge in [-0.3, -0.25) is 19.2 Å². The van der Waals surface area contributed by atoms with Crippen molar-refractivity contribution in [1.82, 2.24) is 15.2 Å². The van der Waals surface area contributed by atoms with Crippen molar-refractivity contribution in [1.29, 1.82) is 0 Å². The van der Waals surface area contributed by atoms with E-state index < -0.39 is 41.4 Å². The smallest absolute Gasteiger partial charge is 0.309 e. The molecule has 2 rings (SSSR count). The molecule has 0 aliphatic heterocycles. The molecule has 0 fully saturated rings. The Hall–Kier alpha value is -3.51. The summed E-state index contributed by atoms with van der Waals surface area (Å²) in [6, 6.07) is 5.03. The fraction of sp³-hybridized carbons (Fsp3) is 0.649. The van der Waals surface area contributed by atoms with Crippen molar-refractivity contribution >= 4 is 35.1 Å². The zero-order valence-electron chi connectivity index (χ0n) is 30.5. The van der Waals surface area contributed by atoms with E-state index in [2.05, 4.69) is 17.2 Å². The third-order valence-electron chi connectivity index (χ3n) is 9.13. The zero-order valence-corrected chi connectivity index (χ0v) is 31.3. The first-order valence-electron chi connectivity index (χ1n) is 17.5. The first-order chi connectivity index (χ1) is 23.0. The first kappa shape index (κ1) is 41.7. The molecule has 49 heavy (non-hydrogen) atoms. The third kappa shape index (κ3) is 13.0. The quantitative estimate of drug-likeness (QED) is 0.0838. The molecule has 0 aliphatic carbocycles. The Balaban J connectivity index is 2.39. The molecule has 12 heteroatoms. The van der Waals surface area contributed by atoms with Gasteiger partial charge >= 0.3 is 11.9 Å². The number of hydrogen-bond donors (Lipinski definition) is 4. The summed E-state index contributed by atoms with van der Waals surface area (Å²) < 4.78 is 5.80. The average molecular weight is 703 g/mol. The van der Waals surface area contributed by atoms with E-state index in [4.69, 9.17) is 10.5 Å². The third-order valence-corrected chi connectivity index (χ3v) is 10.1. The van der Waals surface area contributed by atoms with Crippen LogP contribution in [0.15, 0.2) is 29.6 Å². The minimum Gasteiger partial charge on any atom is -0.508 e. The number of phenols is 1. The first-order valence-corrected chi connectivity index (χ1v) is 18.4. The lowest BCUT2D eigenvalue weighted by Crippen LogP contribution is -2.53. The molecule has 2 aromatic rings. The van der Waals surface area contributed by atoms with Crippen molar-refractivity contribution < 1.29 is 34.1 Å². The minimum atomic E-state index is -1.12. The maximum atomic E-state index is 13.9. The molecule has 5 unspecified atom stereocenters. The molecular formula is C37H58N4O7S. The highest BCUT2D eigenvalue weighted by Gasteiger charge is 2.36. The molecule has 0 saturated carbocycles. The van der Waals surface area contributed by atoms with Crippen molar-refractivity contribution in [2.45, 2.75) is 131 Å². The number of esters is 1. The summed E-state index contributed by atoms with van der Waals surface area (Å²) in [5.74, 6) is -1.97. The maximum Gasteiger partial charge on any atom is 0.309 e. The van der Waals surface area contributed by atoms with Crippen LogP contribution in [0.1, 0.15) is 127 Å². The SMILES string of the molecule is CCCCCCN(C(=O)C(N)C(C)CC)C(CC(OC(C)=O)c1nc(C(=O)NC(Cc2ccc(O)cc2)CC(C)(C)C(=O)O)cs1)C(C)C. The van der Waals surface area contributed by atoms with Crippen LogP contribution < -0.4 is 11.1 Å². The van der Waals surface area contributed by atoms with Crippen LogP contribution >= 0.6 is 11.3 Å². The topological polar surface area (TPSA) is 172 Å². The summed E-state index contributed by atoms with van der Waals surface area (Å²) in [7, 11) is 0. The predicted octanol–water partition coefficient (Wildman–Crippen LogP) is 6.49. The van der Waals surface area contributed by atoms with Gasteiger partial charge in [0.1, 0.15) is 16.5 Å². The number of hydrogen-bond acceptors (Lipinski definition) is 9. The van der Waals surface area contributed by atoms with Crippen LogP contribution in [0.5, 0.6) is 5.75 Å². The second kappa shape index (κ2) is 19.6. The maximum absolute atomic E-state index is 13.9. The van der Waals surface area contributed by atoms with E-state index in [1.165, 1.54) is 18.3 Å². The highest BCUT2D eigenvalue weighted by atomic mass is 32.1. The normalized spacial score (nSPS) is 14.8. The van der Waals surface area contributed by atoms with Gasteiger partial charge in [-0.25, -0.2) is 4.98 Å². The van der Waals surface area contributed by atoms with Gasteiger partial charge in [0, 0.05) is 37.4 Å². The Labute approximate surface area is 296 Å². The number of ether oxygens (including phenoxy) is 1. The molecular weight excluding hydrogens is 644 g/mol. The van der Waals surface area contributed by atoms with Gasteiger partial charge in [0.05, 0.1) is 11.5 Å². The number of phenolic OH excluding ortho intramolecular Hbond substituents is 1. The second-order valence-electron chi connectivity index (χ2n) is 14.2. The van der Waals surface area contributed by atoms with Crippen LogP contribution in [0.4, 0.5) is 0 Å². The number of nitrogens with two attached hydrogens (primary N) is 1. The molecule has 5 N–H and O–H groups in total. The lowest BCUT2D eigenvalue weighted by molar-refractivity contribution is -0.149. The van der Waals surface area contributed by atoms with E-state index in [1.807, 2.05) is 32.6 Å². The highest BCUT2D eigenvalue weighted by Crippen LogP contribution is 2.32. The summed E-state index contributed by atoms with van der Waals surface area (Å²) in [6.45, 7) is 15.3. The van der Waals surface area contributed by atoms with Gasteiger partial charge in [0.2, 0.25) is 5.91 Å². The number of amides is 2. The average Bonchev–Trinajstić information content (AvgIpc) is 3.53. The molecule has 2 amide bonds. The van der Waals surface area contributed by atoms with E-state index in [9.17, 15) is 29.4 Å². The fourth-order valence-electron chi connectivity index (χ4n) is 5.81. The largest absolute Gasteiger partial charge is 0.508 e. The Morgan fingerprint density at radius 2 is 1.71 bits per heavy atom. The molecule has 1 aromatic heterocycles. The van der Waals surface area contributed by atoms with Crippen LogP contribution in [0.3, 0.4) is 0 Å². The predicted molar refractivity (Wildman–Crippen MR) is 192 cm³/mol. The summed E-state index contributed by atoms with van der Waals surface area (Å²) >= 11 is 1.19. The zero-order chi connectivity index (χ0) is 36.9. The van der Waals surface area contributed by atoms with Crippen LogP contribution in [-0.4, -0.2) is 68.5 Å². The number of unbranched alkanes of at least 4 members (excludes halogenated alkanes) is 3. The monoisotopic (exact) mass is 702 g/mol. The molecule has 0 bridgehead atoms. The molecule has 274 valence electrons. The summed E-state index contributed by atoms with van der Waals surface area (Å²) in [5.41, 5.74) is 6.29. The van der Waals surface area contributed by atoms with Crippen LogP contribution in [-0.2, 0) is 25.5 Å². The number of thiazole rings is 1. The van der Waals surface area contributed by atoms with Gasteiger partial charge in [-0.1, -0.05) is 72.4 Å². The van der Waals surface area contributed by atoms with E-state index in [1.54, 1.807) is 43.5 Å². The van der Waals surface area contributed by atoms with Crippen molar-refractivity contribution in [3.05, 3.63) is 45.9 Å². The van der Waals surface area contributed by atoms with Gasteiger partial charge in [0.15, 0.2) is 6.10 Å². The number of benzene rings is 1. The summed E-state index contributed by atoms with van der Waals surface area (Å²) in [5, 5.41) is 24.5. The Morgan fingerprint density at radius 3 is 2.27 bits per heavy atom. The van der Waals surface area contributed by atoms with Gasteiger partial charge in [0.25, 0.3) is 5.91 Å². The Morgan fingerprint density at radius 1 is 1.06 bits per heavy atom. The number of carbonyl (C=O) groups is 4. The van der Waals surface area contributed by atoms with Crippen LogP contribution in [0.2, 0.25) is 0 Å². The van der Waals surface area contributed by atoms with E-state index in [0.29, 0.717) is 18.0 Å². The van der Waals surface area contributed by atoms with Gasteiger partial charge in [-0.05, 0) is 62.6 Å². The standard InChI is InChI=1S/C37H58N4O7S/c1-9-11-12-13-18-41(35(45)32(38)24(5)10-2)30(23(3)4)20-31(48-25(6)42)34-40-29(22-49-34)33(44)39-27(21-37(7,8)36(46)47)19-26-14-16-28(43)17-15-26/h14-17,22-24,27,30-32,43H,9-13,18-21,38H2,1-8H3,(H,39,44)(H,46,47). The molecule has 1 aromatic carbocycles. The molecule has 5 atom stereocenters. The highest BCUT2D eigenvalue weighted by molar-refractivity contribution is 7.09.